The number of amides is 1. The van der Waals surface area contributed by atoms with Crippen LogP contribution in [0.5, 0.6) is 0 Å². The molecule has 0 fully saturated rings. The minimum atomic E-state index is -0.740. The number of benzene rings is 2. The van der Waals surface area contributed by atoms with Gasteiger partial charge >= 0.3 is 5.97 Å². The summed E-state index contributed by atoms with van der Waals surface area (Å²) >= 11 is 10.5. The highest BCUT2D eigenvalue weighted by molar-refractivity contribution is 7.84. The Kier molecular flexibility index (Phi) is 6.45. The lowest BCUT2D eigenvalue weighted by Gasteiger charge is -2.36. The SMILES string of the molecule is CCOC(=O)c1ccc(-c2ccc(C3NC(=O)C(C#N)=C(S)N3c3ccc(Cl)cc3)o2)cc1. The van der Waals surface area contributed by atoms with E-state index >= 15 is 0 Å². The molecule has 1 amide bonds. The average Bonchev–Trinajstić information content (AvgIpc) is 3.30. The van der Waals surface area contributed by atoms with Crippen molar-refractivity contribution in [3.05, 3.63) is 87.6 Å². The van der Waals surface area contributed by atoms with Crippen molar-refractivity contribution in [1.29, 1.82) is 5.26 Å². The first-order valence-electron chi connectivity index (χ1n) is 9.99. The largest absolute Gasteiger partial charge is 0.462 e. The zero-order valence-corrected chi connectivity index (χ0v) is 19.1. The van der Waals surface area contributed by atoms with Crippen molar-refractivity contribution in [2.45, 2.75) is 13.1 Å². The Hall–Kier alpha value is -3.67. The summed E-state index contributed by atoms with van der Waals surface area (Å²) in [7, 11) is 0. The number of rotatable bonds is 5. The van der Waals surface area contributed by atoms with E-state index in [0.29, 0.717) is 34.4 Å². The molecule has 4 rings (SSSR count). The van der Waals surface area contributed by atoms with E-state index < -0.39 is 18.0 Å². The van der Waals surface area contributed by atoms with Gasteiger partial charge in [0.1, 0.15) is 23.2 Å². The number of anilines is 1. The predicted octanol–water partition coefficient (Wildman–Crippen LogP) is 5.08. The molecule has 1 aliphatic rings. The Labute approximate surface area is 200 Å². The molecule has 0 saturated carbocycles. The lowest BCUT2D eigenvalue weighted by molar-refractivity contribution is -0.118. The number of nitriles is 1. The zero-order valence-electron chi connectivity index (χ0n) is 17.4. The number of esters is 1. The molecule has 1 unspecified atom stereocenters. The molecule has 2 aromatic carbocycles. The van der Waals surface area contributed by atoms with Crippen LogP contribution < -0.4 is 10.2 Å². The fourth-order valence-electron chi connectivity index (χ4n) is 3.42. The van der Waals surface area contributed by atoms with Gasteiger partial charge in [0, 0.05) is 16.3 Å². The van der Waals surface area contributed by atoms with Gasteiger partial charge in [-0.15, -0.1) is 12.6 Å². The molecule has 0 spiro atoms. The maximum Gasteiger partial charge on any atom is 0.338 e. The van der Waals surface area contributed by atoms with Crippen molar-refractivity contribution in [3.63, 3.8) is 0 Å². The Bertz CT molecular complexity index is 1280. The van der Waals surface area contributed by atoms with Crippen LogP contribution in [0.4, 0.5) is 5.69 Å². The van der Waals surface area contributed by atoms with E-state index in [2.05, 4.69) is 17.9 Å². The van der Waals surface area contributed by atoms with E-state index in [1.165, 1.54) is 0 Å². The summed E-state index contributed by atoms with van der Waals surface area (Å²) in [4.78, 5) is 26.1. The molecule has 1 N–H and O–H groups in total. The van der Waals surface area contributed by atoms with Crippen LogP contribution in [0.3, 0.4) is 0 Å². The third-order valence-corrected chi connectivity index (χ3v) is 5.69. The number of hydrogen-bond donors (Lipinski definition) is 2. The first kappa shape index (κ1) is 22.5. The van der Waals surface area contributed by atoms with Crippen LogP contribution in [-0.4, -0.2) is 18.5 Å². The number of thiol groups is 1. The topological polar surface area (TPSA) is 95.6 Å². The van der Waals surface area contributed by atoms with Gasteiger partial charge in [0.2, 0.25) is 0 Å². The molecular weight excluding hydrogens is 462 g/mol. The van der Waals surface area contributed by atoms with E-state index in [-0.39, 0.29) is 10.6 Å². The Morgan fingerprint density at radius 1 is 1.18 bits per heavy atom. The Balaban J connectivity index is 1.69. The lowest BCUT2D eigenvalue weighted by atomic mass is 10.1. The molecule has 1 aliphatic heterocycles. The summed E-state index contributed by atoms with van der Waals surface area (Å²) in [6.07, 6.45) is -0.740. The van der Waals surface area contributed by atoms with E-state index in [1.807, 2.05) is 6.07 Å². The van der Waals surface area contributed by atoms with Gasteiger partial charge < -0.3 is 19.4 Å². The smallest absolute Gasteiger partial charge is 0.338 e. The van der Waals surface area contributed by atoms with Gasteiger partial charge in [0.25, 0.3) is 5.91 Å². The van der Waals surface area contributed by atoms with Crippen LogP contribution in [0.25, 0.3) is 11.3 Å². The van der Waals surface area contributed by atoms with Crippen molar-refractivity contribution in [3.8, 4) is 17.4 Å². The number of furan rings is 1. The van der Waals surface area contributed by atoms with E-state index in [9.17, 15) is 14.9 Å². The molecule has 1 aromatic heterocycles. The van der Waals surface area contributed by atoms with Gasteiger partial charge in [-0.2, -0.15) is 5.26 Å². The summed E-state index contributed by atoms with van der Waals surface area (Å²) < 4.78 is 11.1. The summed E-state index contributed by atoms with van der Waals surface area (Å²) in [5, 5.41) is 13.0. The number of halogens is 1. The summed E-state index contributed by atoms with van der Waals surface area (Å²) in [6.45, 7) is 2.05. The highest BCUT2D eigenvalue weighted by atomic mass is 35.5. The number of carbonyl (C=O) groups excluding carboxylic acids is 2. The molecule has 9 heteroatoms. The highest BCUT2D eigenvalue weighted by Gasteiger charge is 2.35. The molecule has 0 bridgehead atoms. The molecular formula is C24H18ClN3O4S. The van der Waals surface area contributed by atoms with Crippen molar-refractivity contribution in [1.82, 2.24) is 5.32 Å². The van der Waals surface area contributed by atoms with Crippen LogP contribution in [0.15, 0.2) is 75.7 Å². The van der Waals surface area contributed by atoms with Gasteiger partial charge in [0.05, 0.1) is 17.2 Å². The highest BCUT2D eigenvalue weighted by Crippen LogP contribution is 2.37. The minimum absolute atomic E-state index is 0.106. The number of carbonyl (C=O) groups is 2. The van der Waals surface area contributed by atoms with Crippen molar-refractivity contribution in [2.75, 3.05) is 11.5 Å². The van der Waals surface area contributed by atoms with Crippen LogP contribution in [0.1, 0.15) is 29.2 Å². The summed E-state index contributed by atoms with van der Waals surface area (Å²) in [5.41, 5.74) is 1.74. The van der Waals surface area contributed by atoms with Crippen LogP contribution >= 0.6 is 24.2 Å². The van der Waals surface area contributed by atoms with Gasteiger partial charge in [-0.3, -0.25) is 4.79 Å². The van der Waals surface area contributed by atoms with Gasteiger partial charge in [-0.25, -0.2) is 4.79 Å². The average molecular weight is 480 g/mol. The quantitative estimate of drug-likeness (QED) is 0.391. The standard InChI is InChI=1S/C24H18ClN3O4S/c1-2-31-24(30)15-5-3-14(4-6-15)19-11-12-20(32-19)21-27-22(29)18(13-26)23(33)28(21)17-9-7-16(25)8-10-17/h3-12,21,33H,2H2,1H3,(H,27,29). The monoisotopic (exact) mass is 479 g/mol. The third kappa shape index (κ3) is 4.46. The minimum Gasteiger partial charge on any atom is -0.462 e. The maximum atomic E-state index is 12.5. The summed E-state index contributed by atoms with van der Waals surface area (Å²) in [5.74, 6) is 0.0383. The second-order valence-corrected chi connectivity index (χ2v) is 7.89. The fourth-order valence-corrected chi connectivity index (χ4v) is 3.93. The fraction of sp³-hybridized carbons (Fsp3) is 0.125. The van der Waals surface area contributed by atoms with Gasteiger partial charge in [0.15, 0.2) is 6.17 Å². The lowest BCUT2D eigenvalue weighted by Crippen LogP contribution is -2.45. The van der Waals surface area contributed by atoms with E-state index in [4.69, 9.17) is 20.8 Å². The Morgan fingerprint density at radius 3 is 2.52 bits per heavy atom. The van der Waals surface area contributed by atoms with Gasteiger partial charge in [-0.1, -0.05) is 23.7 Å². The molecule has 2 heterocycles. The predicted molar refractivity (Wildman–Crippen MR) is 127 cm³/mol. The second kappa shape index (κ2) is 9.45. The number of ether oxygens (including phenoxy) is 1. The van der Waals surface area contributed by atoms with E-state index in [0.717, 1.165) is 5.56 Å². The summed E-state index contributed by atoms with van der Waals surface area (Å²) in [6, 6.07) is 19.2. The number of hydrogen-bond acceptors (Lipinski definition) is 7. The molecule has 1 atom stereocenters. The van der Waals surface area contributed by atoms with Crippen molar-refractivity contribution < 1.29 is 18.7 Å². The molecule has 166 valence electrons. The molecule has 0 aliphatic carbocycles. The third-order valence-electron chi connectivity index (χ3n) is 5.00. The molecule has 7 nitrogen and oxygen atoms in total. The normalized spacial score (nSPS) is 15.8. The molecule has 0 saturated heterocycles. The molecule has 0 radical (unpaired) electrons. The first-order chi connectivity index (χ1) is 15.9. The van der Waals surface area contributed by atoms with E-state index in [1.54, 1.807) is 72.5 Å². The van der Waals surface area contributed by atoms with Crippen LogP contribution in [-0.2, 0) is 9.53 Å². The van der Waals surface area contributed by atoms with Crippen molar-refractivity contribution >= 4 is 41.8 Å². The maximum absolute atomic E-state index is 12.5. The molecule has 3 aromatic rings. The first-order valence-corrected chi connectivity index (χ1v) is 10.8. The number of nitrogens with zero attached hydrogens (tertiary/aromatic N) is 2. The van der Waals surface area contributed by atoms with Crippen LogP contribution in [0.2, 0.25) is 5.02 Å². The Morgan fingerprint density at radius 2 is 1.88 bits per heavy atom. The van der Waals surface area contributed by atoms with Gasteiger partial charge in [-0.05, 0) is 55.5 Å². The molecule has 33 heavy (non-hydrogen) atoms. The van der Waals surface area contributed by atoms with Crippen molar-refractivity contribution in [2.24, 2.45) is 0 Å². The second-order valence-electron chi connectivity index (χ2n) is 7.03. The van der Waals surface area contributed by atoms with Crippen LogP contribution in [0, 0.1) is 11.3 Å². The zero-order chi connectivity index (χ0) is 23.5. The number of nitrogens with one attached hydrogen (secondary N) is 1.